The Hall–Kier alpha value is -1.56. The smallest absolute Gasteiger partial charge is 0.225 e. The van der Waals surface area contributed by atoms with Crippen molar-refractivity contribution in [3.05, 3.63) is 6.07 Å². The van der Waals surface area contributed by atoms with Crippen molar-refractivity contribution in [2.75, 3.05) is 30.7 Å². The lowest BCUT2D eigenvalue weighted by Gasteiger charge is -2.30. The third kappa shape index (κ3) is 5.21. The van der Waals surface area contributed by atoms with Crippen LogP contribution in [0.25, 0.3) is 0 Å². The number of rotatable bonds is 8. The Morgan fingerprint density at radius 1 is 1.25 bits per heavy atom. The van der Waals surface area contributed by atoms with Gasteiger partial charge in [-0.15, -0.1) is 0 Å². The molecule has 114 valence electrons. The minimum atomic E-state index is 0.225. The van der Waals surface area contributed by atoms with Gasteiger partial charge >= 0.3 is 0 Å². The van der Waals surface area contributed by atoms with E-state index in [9.17, 15) is 0 Å². The molecule has 0 aliphatic carbocycles. The maximum atomic E-state index is 5.69. The predicted molar refractivity (Wildman–Crippen MR) is 83.1 cm³/mol. The van der Waals surface area contributed by atoms with Crippen LogP contribution in [-0.4, -0.2) is 46.6 Å². The molecule has 0 spiro atoms. The Bertz CT molecular complexity index is 401. The number of ether oxygens (including phenoxy) is 1. The van der Waals surface area contributed by atoms with E-state index in [1.54, 1.807) is 6.07 Å². The molecular formula is C14H27N5O. The second kappa shape index (κ2) is 7.89. The number of nitrogens with zero attached hydrogens (tertiary/aromatic N) is 3. The van der Waals surface area contributed by atoms with Crippen molar-refractivity contribution in [2.24, 2.45) is 0 Å². The first-order valence-electron chi connectivity index (χ1n) is 7.21. The summed E-state index contributed by atoms with van der Waals surface area (Å²) < 4.78 is 5.69. The van der Waals surface area contributed by atoms with E-state index in [1.807, 2.05) is 6.92 Å². The SMILES string of the molecule is CCNc1cc(OCCN(C(C)C)C(C)C)nc(N)n1. The van der Waals surface area contributed by atoms with Crippen LogP contribution in [-0.2, 0) is 0 Å². The minimum absolute atomic E-state index is 0.225. The molecule has 6 nitrogen and oxygen atoms in total. The van der Waals surface area contributed by atoms with Crippen LogP contribution in [0.2, 0.25) is 0 Å². The zero-order chi connectivity index (χ0) is 15.1. The largest absolute Gasteiger partial charge is 0.476 e. The zero-order valence-corrected chi connectivity index (χ0v) is 13.2. The van der Waals surface area contributed by atoms with Crippen molar-refractivity contribution >= 4 is 11.8 Å². The fourth-order valence-corrected chi connectivity index (χ4v) is 2.16. The van der Waals surface area contributed by atoms with Gasteiger partial charge in [0.15, 0.2) is 0 Å². The molecule has 0 atom stereocenters. The fourth-order valence-electron chi connectivity index (χ4n) is 2.16. The lowest BCUT2D eigenvalue weighted by Crippen LogP contribution is -2.39. The van der Waals surface area contributed by atoms with E-state index in [0.717, 1.165) is 13.1 Å². The Morgan fingerprint density at radius 3 is 2.45 bits per heavy atom. The Balaban J connectivity index is 2.56. The molecule has 0 bridgehead atoms. The molecule has 1 heterocycles. The summed E-state index contributed by atoms with van der Waals surface area (Å²) in [7, 11) is 0. The Labute approximate surface area is 121 Å². The molecule has 0 aromatic carbocycles. The summed E-state index contributed by atoms with van der Waals surface area (Å²) >= 11 is 0. The normalized spacial score (nSPS) is 11.4. The molecule has 0 amide bonds. The van der Waals surface area contributed by atoms with Crippen molar-refractivity contribution < 1.29 is 4.74 Å². The first-order chi connectivity index (χ1) is 9.43. The quantitative estimate of drug-likeness (QED) is 0.759. The second-order valence-corrected chi connectivity index (χ2v) is 5.25. The van der Waals surface area contributed by atoms with Crippen molar-refractivity contribution in [1.82, 2.24) is 14.9 Å². The molecule has 1 rings (SSSR count). The van der Waals surface area contributed by atoms with Crippen LogP contribution >= 0.6 is 0 Å². The monoisotopic (exact) mass is 281 g/mol. The van der Waals surface area contributed by atoms with E-state index in [4.69, 9.17) is 10.5 Å². The van der Waals surface area contributed by atoms with Crippen molar-refractivity contribution in [3.8, 4) is 5.88 Å². The van der Waals surface area contributed by atoms with Gasteiger partial charge < -0.3 is 15.8 Å². The van der Waals surface area contributed by atoms with E-state index in [2.05, 4.69) is 47.9 Å². The van der Waals surface area contributed by atoms with Gasteiger partial charge in [0.2, 0.25) is 11.8 Å². The number of aromatic nitrogens is 2. The highest BCUT2D eigenvalue weighted by molar-refractivity contribution is 5.42. The number of hydrogen-bond donors (Lipinski definition) is 2. The first kappa shape index (κ1) is 16.5. The molecule has 3 N–H and O–H groups in total. The molecule has 0 fully saturated rings. The molecule has 0 saturated carbocycles. The van der Waals surface area contributed by atoms with Gasteiger partial charge in [0.25, 0.3) is 0 Å². The molecule has 0 aliphatic heterocycles. The Morgan fingerprint density at radius 2 is 1.90 bits per heavy atom. The molecule has 0 radical (unpaired) electrons. The second-order valence-electron chi connectivity index (χ2n) is 5.25. The van der Waals surface area contributed by atoms with Crippen molar-refractivity contribution in [3.63, 3.8) is 0 Å². The maximum absolute atomic E-state index is 5.69. The van der Waals surface area contributed by atoms with Gasteiger partial charge in [0.1, 0.15) is 12.4 Å². The molecule has 1 aromatic rings. The number of nitrogens with one attached hydrogen (secondary N) is 1. The molecule has 6 heteroatoms. The van der Waals surface area contributed by atoms with Crippen LogP contribution in [0.5, 0.6) is 5.88 Å². The third-order valence-corrected chi connectivity index (χ3v) is 3.00. The number of hydrogen-bond acceptors (Lipinski definition) is 6. The van der Waals surface area contributed by atoms with Gasteiger partial charge in [0, 0.05) is 31.2 Å². The number of anilines is 2. The topological polar surface area (TPSA) is 76.3 Å². The predicted octanol–water partition coefficient (Wildman–Crippen LogP) is 1.99. The average Bonchev–Trinajstić information content (AvgIpc) is 2.33. The maximum Gasteiger partial charge on any atom is 0.225 e. The summed E-state index contributed by atoms with van der Waals surface area (Å²) in [6, 6.07) is 2.76. The summed E-state index contributed by atoms with van der Waals surface area (Å²) in [4.78, 5) is 10.5. The summed E-state index contributed by atoms with van der Waals surface area (Å²) in [5, 5.41) is 3.10. The summed E-state index contributed by atoms with van der Waals surface area (Å²) in [6.07, 6.45) is 0. The van der Waals surface area contributed by atoms with E-state index in [0.29, 0.717) is 30.4 Å². The molecular weight excluding hydrogens is 254 g/mol. The van der Waals surface area contributed by atoms with Crippen LogP contribution in [0.3, 0.4) is 0 Å². The van der Waals surface area contributed by atoms with Gasteiger partial charge in [-0.2, -0.15) is 9.97 Å². The van der Waals surface area contributed by atoms with Crippen LogP contribution in [0.1, 0.15) is 34.6 Å². The van der Waals surface area contributed by atoms with Crippen LogP contribution in [0, 0.1) is 0 Å². The summed E-state index contributed by atoms with van der Waals surface area (Å²) in [5.41, 5.74) is 5.67. The average molecular weight is 281 g/mol. The number of nitrogen functional groups attached to an aromatic ring is 1. The minimum Gasteiger partial charge on any atom is -0.476 e. The van der Waals surface area contributed by atoms with E-state index < -0.39 is 0 Å². The van der Waals surface area contributed by atoms with Crippen LogP contribution < -0.4 is 15.8 Å². The molecule has 1 aromatic heterocycles. The van der Waals surface area contributed by atoms with Gasteiger partial charge in [-0.25, -0.2) is 0 Å². The van der Waals surface area contributed by atoms with Crippen molar-refractivity contribution in [2.45, 2.75) is 46.7 Å². The lowest BCUT2D eigenvalue weighted by molar-refractivity contribution is 0.140. The molecule has 0 saturated heterocycles. The van der Waals surface area contributed by atoms with Gasteiger partial charge in [0.05, 0.1) is 0 Å². The highest BCUT2D eigenvalue weighted by Crippen LogP contribution is 2.14. The highest BCUT2D eigenvalue weighted by Gasteiger charge is 2.13. The van der Waals surface area contributed by atoms with Crippen LogP contribution in [0.4, 0.5) is 11.8 Å². The summed E-state index contributed by atoms with van der Waals surface area (Å²) in [6.45, 7) is 13.0. The molecule has 0 aliphatic rings. The lowest BCUT2D eigenvalue weighted by atomic mass is 10.2. The highest BCUT2D eigenvalue weighted by atomic mass is 16.5. The van der Waals surface area contributed by atoms with Gasteiger partial charge in [-0.1, -0.05) is 0 Å². The van der Waals surface area contributed by atoms with Gasteiger partial charge in [-0.05, 0) is 34.6 Å². The fraction of sp³-hybridized carbons (Fsp3) is 0.714. The molecule has 20 heavy (non-hydrogen) atoms. The summed E-state index contributed by atoms with van der Waals surface area (Å²) in [5.74, 6) is 1.43. The van der Waals surface area contributed by atoms with E-state index >= 15 is 0 Å². The standard InChI is InChI=1S/C14H27N5O/c1-6-16-12-9-13(18-14(15)17-12)20-8-7-19(10(2)3)11(4)5/h9-11H,6-8H2,1-5H3,(H3,15,16,17,18). The van der Waals surface area contributed by atoms with E-state index in [1.165, 1.54) is 0 Å². The first-order valence-corrected chi connectivity index (χ1v) is 7.21. The third-order valence-electron chi connectivity index (χ3n) is 3.00. The van der Waals surface area contributed by atoms with Crippen molar-refractivity contribution in [1.29, 1.82) is 0 Å². The Kier molecular flexibility index (Phi) is 6.51. The van der Waals surface area contributed by atoms with E-state index in [-0.39, 0.29) is 5.95 Å². The molecule has 0 unspecified atom stereocenters. The number of nitrogens with two attached hydrogens (primary N) is 1. The van der Waals surface area contributed by atoms with Gasteiger partial charge in [-0.3, -0.25) is 4.90 Å². The van der Waals surface area contributed by atoms with Crippen LogP contribution in [0.15, 0.2) is 6.07 Å². The zero-order valence-electron chi connectivity index (χ0n) is 13.2.